The Kier molecular flexibility index (Phi) is 5.06. The molecule has 18 heavy (non-hydrogen) atoms. The minimum atomic E-state index is -3.64. The van der Waals surface area contributed by atoms with Crippen LogP contribution in [-0.4, -0.2) is 44.0 Å². The predicted molar refractivity (Wildman–Crippen MR) is 69.6 cm³/mol. The number of methoxy groups -OCH3 is 1. The van der Waals surface area contributed by atoms with E-state index < -0.39 is 10.0 Å². The molecule has 6 nitrogen and oxygen atoms in total. The summed E-state index contributed by atoms with van der Waals surface area (Å²) in [5, 5.41) is 0. The molecule has 0 bridgehead atoms. The van der Waals surface area contributed by atoms with Gasteiger partial charge in [-0.25, -0.2) is 8.42 Å². The molecule has 1 heterocycles. The van der Waals surface area contributed by atoms with Crippen molar-refractivity contribution >= 4 is 15.7 Å². The first-order valence-corrected chi connectivity index (χ1v) is 7.05. The maximum absolute atomic E-state index is 12.5. The Morgan fingerprint density at radius 3 is 2.67 bits per heavy atom. The molecule has 0 aliphatic rings. The molecule has 0 amide bonds. The van der Waals surface area contributed by atoms with Gasteiger partial charge in [-0.1, -0.05) is 0 Å². The van der Waals surface area contributed by atoms with Crippen molar-refractivity contribution in [2.45, 2.75) is 24.8 Å². The van der Waals surface area contributed by atoms with Gasteiger partial charge in [-0.3, -0.25) is 4.98 Å². The number of hydrogen-bond acceptors (Lipinski definition) is 5. The molecule has 0 radical (unpaired) electrons. The first kappa shape index (κ1) is 14.9. The largest absolute Gasteiger partial charge is 0.398 e. The summed E-state index contributed by atoms with van der Waals surface area (Å²) in [6, 6.07) is 1.30. The van der Waals surface area contributed by atoms with E-state index >= 15 is 0 Å². The fourth-order valence-corrected chi connectivity index (χ4v) is 3.25. The standard InChI is InChI=1S/C11H19N3O3S/c1-9(2)14(6-7-17-3)18(15,16)11-8-13-5-4-10(11)12/h4-5,8-9H,6-7H2,1-3H3,(H2,12,13). The summed E-state index contributed by atoms with van der Waals surface area (Å²) >= 11 is 0. The zero-order valence-corrected chi connectivity index (χ0v) is 11.6. The van der Waals surface area contributed by atoms with Crippen molar-refractivity contribution in [3.8, 4) is 0 Å². The molecule has 0 aliphatic heterocycles. The van der Waals surface area contributed by atoms with Crippen molar-refractivity contribution in [2.75, 3.05) is 26.0 Å². The molecule has 2 N–H and O–H groups in total. The van der Waals surface area contributed by atoms with Gasteiger partial charge in [0, 0.05) is 32.1 Å². The SMILES string of the molecule is COCCN(C(C)C)S(=O)(=O)c1cnccc1N. The number of ether oxygens (including phenoxy) is 1. The van der Waals surface area contributed by atoms with Crippen molar-refractivity contribution in [1.29, 1.82) is 0 Å². The summed E-state index contributed by atoms with van der Waals surface area (Å²) in [4.78, 5) is 3.85. The van der Waals surface area contributed by atoms with Crippen molar-refractivity contribution in [3.63, 3.8) is 0 Å². The maximum atomic E-state index is 12.5. The Morgan fingerprint density at radius 1 is 1.50 bits per heavy atom. The van der Waals surface area contributed by atoms with Gasteiger partial charge >= 0.3 is 0 Å². The van der Waals surface area contributed by atoms with E-state index in [1.54, 1.807) is 13.8 Å². The number of pyridine rings is 1. The number of rotatable bonds is 6. The van der Waals surface area contributed by atoms with E-state index in [0.717, 1.165) is 0 Å². The molecule has 0 spiro atoms. The first-order chi connectivity index (χ1) is 8.41. The van der Waals surface area contributed by atoms with E-state index in [2.05, 4.69) is 4.98 Å². The van der Waals surface area contributed by atoms with Crippen LogP contribution >= 0.6 is 0 Å². The molecule has 0 atom stereocenters. The molecule has 0 aromatic carbocycles. The Morgan fingerprint density at radius 2 is 2.17 bits per heavy atom. The topological polar surface area (TPSA) is 85.5 Å². The summed E-state index contributed by atoms with van der Waals surface area (Å²) in [7, 11) is -2.11. The van der Waals surface area contributed by atoms with Crippen LogP contribution in [0, 0.1) is 0 Å². The average molecular weight is 273 g/mol. The number of sulfonamides is 1. The van der Waals surface area contributed by atoms with Crippen LogP contribution in [0.5, 0.6) is 0 Å². The molecular formula is C11H19N3O3S. The molecule has 1 aromatic heterocycles. The van der Waals surface area contributed by atoms with Crippen LogP contribution < -0.4 is 5.73 Å². The van der Waals surface area contributed by atoms with Gasteiger partial charge in [0.25, 0.3) is 0 Å². The molecule has 0 fully saturated rings. The monoisotopic (exact) mass is 273 g/mol. The molecule has 0 saturated carbocycles. The lowest BCUT2D eigenvalue weighted by molar-refractivity contribution is 0.171. The fraction of sp³-hybridized carbons (Fsp3) is 0.545. The van der Waals surface area contributed by atoms with Gasteiger partial charge in [0.05, 0.1) is 12.3 Å². The van der Waals surface area contributed by atoms with Crippen molar-refractivity contribution < 1.29 is 13.2 Å². The van der Waals surface area contributed by atoms with Crippen LogP contribution in [-0.2, 0) is 14.8 Å². The van der Waals surface area contributed by atoms with Gasteiger partial charge in [-0.2, -0.15) is 4.31 Å². The Labute approximate surface area is 108 Å². The lowest BCUT2D eigenvalue weighted by Crippen LogP contribution is -2.39. The minimum absolute atomic E-state index is 0.0369. The maximum Gasteiger partial charge on any atom is 0.246 e. The minimum Gasteiger partial charge on any atom is -0.398 e. The summed E-state index contributed by atoms with van der Waals surface area (Å²) in [6.45, 7) is 4.22. The number of aromatic nitrogens is 1. The Balaban J connectivity index is 3.14. The van der Waals surface area contributed by atoms with E-state index in [9.17, 15) is 8.42 Å². The first-order valence-electron chi connectivity index (χ1n) is 5.61. The summed E-state index contributed by atoms with van der Waals surface area (Å²) in [5.74, 6) is 0. The smallest absolute Gasteiger partial charge is 0.246 e. The summed E-state index contributed by atoms with van der Waals surface area (Å²) in [6.07, 6.45) is 2.73. The third-order valence-electron chi connectivity index (χ3n) is 2.49. The molecule has 7 heteroatoms. The average Bonchev–Trinajstić information content (AvgIpc) is 2.29. The number of nitrogens with zero attached hydrogens (tertiary/aromatic N) is 2. The van der Waals surface area contributed by atoms with E-state index in [-0.39, 0.29) is 23.2 Å². The number of nitrogens with two attached hydrogens (primary N) is 1. The van der Waals surface area contributed by atoms with E-state index in [4.69, 9.17) is 10.5 Å². The number of anilines is 1. The lowest BCUT2D eigenvalue weighted by Gasteiger charge is -2.25. The van der Waals surface area contributed by atoms with Crippen molar-refractivity contribution in [3.05, 3.63) is 18.5 Å². The van der Waals surface area contributed by atoms with Gasteiger partial charge in [-0.05, 0) is 19.9 Å². The highest BCUT2D eigenvalue weighted by Gasteiger charge is 2.28. The van der Waals surface area contributed by atoms with Crippen LogP contribution in [0.3, 0.4) is 0 Å². The molecule has 1 rings (SSSR count). The van der Waals surface area contributed by atoms with Gasteiger partial charge in [0.2, 0.25) is 10.0 Å². The van der Waals surface area contributed by atoms with Crippen LogP contribution in [0.25, 0.3) is 0 Å². The highest BCUT2D eigenvalue weighted by atomic mass is 32.2. The van der Waals surface area contributed by atoms with E-state index in [1.807, 2.05) is 0 Å². The summed E-state index contributed by atoms with van der Waals surface area (Å²) in [5.41, 5.74) is 5.90. The zero-order valence-electron chi connectivity index (χ0n) is 10.8. The molecule has 0 saturated heterocycles. The highest BCUT2D eigenvalue weighted by Crippen LogP contribution is 2.22. The second-order valence-electron chi connectivity index (χ2n) is 4.12. The highest BCUT2D eigenvalue weighted by molar-refractivity contribution is 7.89. The zero-order chi connectivity index (χ0) is 13.8. The second-order valence-corrected chi connectivity index (χ2v) is 5.97. The van der Waals surface area contributed by atoms with Gasteiger partial charge in [0.1, 0.15) is 4.90 Å². The van der Waals surface area contributed by atoms with Crippen molar-refractivity contribution in [1.82, 2.24) is 9.29 Å². The third-order valence-corrected chi connectivity index (χ3v) is 4.61. The molecular weight excluding hydrogens is 254 g/mol. The van der Waals surface area contributed by atoms with Crippen LogP contribution in [0.1, 0.15) is 13.8 Å². The van der Waals surface area contributed by atoms with Crippen LogP contribution in [0.4, 0.5) is 5.69 Å². The quantitative estimate of drug-likeness (QED) is 0.825. The predicted octanol–water partition coefficient (Wildman–Crippen LogP) is 0.709. The number of hydrogen-bond donors (Lipinski definition) is 1. The molecule has 1 aromatic rings. The van der Waals surface area contributed by atoms with E-state index in [1.165, 1.54) is 29.9 Å². The normalized spacial score (nSPS) is 12.3. The summed E-state index contributed by atoms with van der Waals surface area (Å²) < 4.78 is 31.2. The van der Waals surface area contributed by atoms with Crippen LogP contribution in [0.2, 0.25) is 0 Å². The Bertz CT molecular complexity index is 488. The van der Waals surface area contributed by atoms with Crippen molar-refractivity contribution in [2.24, 2.45) is 0 Å². The molecule has 0 aliphatic carbocycles. The van der Waals surface area contributed by atoms with E-state index in [0.29, 0.717) is 6.61 Å². The third kappa shape index (κ3) is 3.18. The number of nitrogen functional groups attached to an aromatic ring is 1. The lowest BCUT2D eigenvalue weighted by atomic mass is 10.4. The second kappa shape index (κ2) is 6.12. The van der Waals surface area contributed by atoms with Crippen LogP contribution in [0.15, 0.2) is 23.4 Å². The molecule has 0 unspecified atom stereocenters. The fourth-order valence-electron chi connectivity index (χ4n) is 1.57. The van der Waals surface area contributed by atoms with Gasteiger partial charge in [-0.15, -0.1) is 0 Å². The molecule has 102 valence electrons. The Hall–Kier alpha value is -1.18. The van der Waals surface area contributed by atoms with Gasteiger partial charge < -0.3 is 10.5 Å². The van der Waals surface area contributed by atoms with Gasteiger partial charge in [0.15, 0.2) is 0 Å².